The summed E-state index contributed by atoms with van der Waals surface area (Å²) in [5.74, 6) is 0. The predicted molar refractivity (Wildman–Crippen MR) is 112 cm³/mol. The van der Waals surface area contributed by atoms with Gasteiger partial charge in [0.1, 0.15) is 17.5 Å². The minimum atomic E-state index is -1.20. The Labute approximate surface area is 179 Å². The minimum Gasteiger partial charge on any atom is -0.291 e. The van der Waals surface area contributed by atoms with Gasteiger partial charge in [0.2, 0.25) is 12.1 Å². The van der Waals surface area contributed by atoms with Gasteiger partial charge in [0.05, 0.1) is 0 Å². The minimum absolute atomic E-state index is 0.397. The van der Waals surface area contributed by atoms with Crippen LogP contribution < -0.4 is 5.32 Å². The molecule has 0 bridgehead atoms. The Morgan fingerprint density at radius 2 is 1.25 bits per heavy atom. The Balaban J connectivity index is 2.18. The number of nitrogens with one attached hydrogen (secondary N) is 1. The smallest absolute Gasteiger partial charge is 0.243 e. The van der Waals surface area contributed by atoms with Crippen LogP contribution in [0.5, 0.6) is 0 Å². The van der Waals surface area contributed by atoms with Gasteiger partial charge in [0.15, 0.2) is 0 Å². The number of hydrogen-bond donors (Lipinski definition) is 1. The normalized spacial score (nSPS) is 26.6. The Kier molecular flexibility index (Phi) is 5.88. The molecule has 1 N–H and O–H groups in total. The number of nitrogens with zero attached hydrogens (tertiary/aromatic N) is 2. The lowest BCUT2D eigenvalue weighted by Crippen LogP contribution is -2.63. The fraction of sp³-hybridized carbons (Fsp3) is 0.368. The van der Waals surface area contributed by atoms with Crippen LogP contribution in [0.4, 0.5) is 0 Å². The van der Waals surface area contributed by atoms with Crippen molar-refractivity contribution in [2.24, 2.45) is 5.41 Å². The van der Waals surface area contributed by atoms with Crippen molar-refractivity contribution < 1.29 is 9.85 Å². The second kappa shape index (κ2) is 7.88. The van der Waals surface area contributed by atoms with Crippen LogP contribution in [0.25, 0.3) is 0 Å². The molecule has 3 rings (SSSR count). The SMILES string of the molecule is CC1(C)[C@@H]([N+](=O)[O-])[C@@H](c2cccc(Br)c2)N[C@H](c2cccc(Br)c2)[C@H]1[N+](=O)[O-]. The predicted octanol–water partition coefficient (Wildman–Crippen LogP) is 4.91. The third-order valence-electron chi connectivity index (χ3n) is 5.39. The lowest BCUT2D eigenvalue weighted by molar-refractivity contribution is -0.605. The van der Waals surface area contributed by atoms with E-state index in [1.807, 2.05) is 24.3 Å². The first kappa shape index (κ1) is 20.9. The number of piperidine rings is 1. The van der Waals surface area contributed by atoms with Gasteiger partial charge in [-0.3, -0.25) is 25.5 Å². The quantitative estimate of drug-likeness (QED) is 0.463. The van der Waals surface area contributed by atoms with Crippen molar-refractivity contribution in [1.82, 2.24) is 5.32 Å². The molecule has 1 aliphatic rings. The summed E-state index contributed by atoms with van der Waals surface area (Å²) in [6.45, 7) is 3.23. The highest BCUT2D eigenvalue weighted by Gasteiger charge is 2.62. The lowest BCUT2D eigenvalue weighted by atomic mass is 9.66. The number of halogens is 2. The molecule has 4 atom stereocenters. The first-order valence-corrected chi connectivity index (χ1v) is 10.3. The molecule has 1 fully saturated rings. The van der Waals surface area contributed by atoms with Crippen LogP contribution in [-0.4, -0.2) is 21.9 Å². The average Bonchev–Trinajstić information content (AvgIpc) is 2.59. The lowest BCUT2D eigenvalue weighted by Gasteiger charge is -2.44. The van der Waals surface area contributed by atoms with Crippen LogP contribution in [0.3, 0.4) is 0 Å². The molecule has 0 aromatic heterocycles. The standard InChI is InChI=1S/C19H19Br2N3O4/c1-19(2)17(23(25)26)15(11-5-3-7-13(20)9-11)22-16(18(19)24(27)28)12-6-4-8-14(21)10-12/h3-10,15-18,22H,1-2H3/t15-,16-,17-,18+/m1/s1. The largest absolute Gasteiger partial charge is 0.291 e. The molecule has 0 saturated carbocycles. The van der Waals surface area contributed by atoms with E-state index < -0.39 is 39.4 Å². The fourth-order valence-corrected chi connectivity index (χ4v) is 4.99. The summed E-state index contributed by atoms with van der Waals surface area (Å²) in [6, 6.07) is 10.8. The first-order chi connectivity index (χ1) is 13.1. The molecular weight excluding hydrogens is 494 g/mol. The summed E-state index contributed by atoms with van der Waals surface area (Å²) >= 11 is 6.81. The molecule has 28 heavy (non-hydrogen) atoms. The monoisotopic (exact) mass is 511 g/mol. The maximum atomic E-state index is 12.0. The number of rotatable bonds is 4. The molecule has 1 heterocycles. The van der Waals surface area contributed by atoms with Crippen molar-refractivity contribution in [2.45, 2.75) is 38.0 Å². The highest BCUT2D eigenvalue weighted by atomic mass is 79.9. The molecule has 1 aliphatic heterocycles. The van der Waals surface area contributed by atoms with Gasteiger partial charge in [-0.25, -0.2) is 0 Å². The summed E-state index contributed by atoms with van der Waals surface area (Å²) in [5.41, 5.74) is 0.231. The van der Waals surface area contributed by atoms with Gasteiger partial charge in [-0.05, 0) is 49.2 Å². The molecule has 0 radical (unpaired) electrons. The van der Waals surface area contributed by atoms with E-state index >= 15 is 0 Å². The van der Waals surface area contributed by atoms with Gasteiger partial charge in [-0.1, -0.05) is 56.1 Å². The van der Waals surface area contributed by atoms with Crippen molar-refractivity contribution in [3.05, 3.63) is 88.8 Å². The van der Waals surface area contributed by atoms with Gasteiger partial charge in [0.25, 0.3) is 0 Å². The van der Waals surface area contributed by atoms with Crippen molar-refractivity contribution in [1.29, 1.82) is 0 Å². The van der Waals surface area contributed by atoms with E-state index in [0.29, 0.717) is 11.1 Å². The highest BCUT2D eigenvalue weighted by molar-refractivity contribution is 9.10. The summed E-state index contributed by atoms with van der Waals surface area (Å²) < 4.78 is 1.59. The molecular formula is C19H19Br2N3O4. The van der Waals surface area contributed by atoms with Crippen LogP contribution in [0.1, 0.15) is 37.1 Å². The number of benzene rings is 2. The Bertz CT molecular complexity index is 850. The van der Waals surface area contributed by atoms with Crippen molar-refractivity contribution in [3.63, 3.8) is 0 Å². The summed E-state index contributed by atoms with van der Waals surface area (Å²) in [4.78, 5) is 23.3. The molecule has 0 unspecified atom stereocenters. The van der Waals surface area contributed by atoms with Crippen LogP contribution in [0, 0.1) is 25.6 Å². The molecule has 0 aliphatic carbocycles. The van der Waals surface area contributed by atoms with E-state index in [4.69, 9.17) is 0 Å². The second-order valence-electron chi connectivity index (χ2n) is 7.51. The van der Waals surface area contributed by atoms with Crippen molar-refractivity contribution in [2.75, 3.05) is 0 Å². The zero-order valence-electron chi connectivity index (χ0n) is 15.2. The van der Waals surface area contributed by atoms with Crippen LogP contribution in [0.2, 0.25) is 0 Å². The number of hydrogen-bond acceptors (Lipinski definition) is 5. The Hall–Kier alpha value is -1.84. The Morgan fingerprint density at radius 3 is 1.57 bits per heavy atom. The van der Waals surface area contributed by atoms with Gasteiger partial charge >= 0.3 is 0 Å². The summed E-state index contributed by atoms with van der Waals surface area (Å²) in [6.07, 6.45) is 0. The fourth-order valence-electron chi connectivity index (χ4n) is 4.15. The maximum absolute atomic E-state index is 12.0. The van der Waals surface area contributed by atoms with Crippen molar-refractivity contribution in [3.8, 4) is 0 Å². The molecule has 1 saturated heterocycles. The third-order valence-corrected chi connectivity index (χ3v) is 6.37. The van der Waals surface area contributed by atoms with E-state index in [1.165, 1.54) is 0 Å². The van der Waals surface area contributed by atoms with E-state index in [0.717, 1.165) is 8.95 Å². The van der Waals surface area contributed by atoms with Gasteiger partial charge in [-0.15, -0.1) is 0 Å². The molecule has 2 aromatic rings. The molecule has 0 spiro atoms. The topological polar surface area (TPSA) is 98.3 Å². The molecule has 0 amide bonds. The number of nitro groups is 2. The zero-order valence-corrected chi connectivity index (χ0v) is 18.4. The maximum Gasteiger partial charge on any atom is 0.243 e. The Morgan fingerprint density at radius 1 is 0.857 bits per heavy atom. The van der Waals surface area contributed by atoms with E-state index in [-0.39, 0.29) is 0 Å². The van der Waals surface area contributed by atoms with E-state index in [2.05, 4.69) is 37.2 Å². The third kappa shape index (κ3) is 3.83. The summed E-state index contributed by atoms with van der Waals surface area (Å²) in [7, 11) is 0. The van der Waals surface area contributed by atoms with Crippen LogP contribution in [0.15, 0.2) is 57.5 Å². The molecule has 148 valence electrons. The molecule has 2 aromatic carbocycles. The first-order valence-electron chi connectivity index (χ1n) is 8.67. The van der Waals surface area contributed by atoms with Gasteiger partial charge in [0, 0.05) is 18.8 Å². The highest BCUT2D eigenvalue weighted by Crippen LogP contribution is 2.47. The average molecular weight is 513 g/mol. The van der Waals surface area contributed by atoms with Gasteiger partial charge < -0.3 is 0 Å². The summed E-state index contributed by atoms with van der Waals surface area (Å²) in [5, 5.41) is 27.3. The van der Waals surface area contributed by atoms with Gasteiger partial charge in [-0.2, -0.15) is 0 Å². The zero-order chi connectivity index (χ0) is 20.6. The van der Waals surface area contributed by atoms with Crippen LogP contribution in [-0.2, 0) is 0 Å². The second-order valence-corrected chi connectivity index (χ2v) is 9.35. The molecule has 9 heteroatoms. The van der Waals surface area contributed by atoms with E-state index in [1.54, 1.807) is 38.1 Å². The van der Waals surface area contributed by atoms with E-state index in [9.17, 15) is 20.2 Å². The van der Waals surface area contributed by atoms with Crippen LogP contribution >= 0.6 is 31.9 Å². The van der Waals surface area contributed by atoms with Crippen molar-refractivity contribution >= 4 is 31.9 Å². The molecule has 7 nitrogen and oxygen atoms in total.